The molecule has 1 aromatic carbocycles. The standard InChI is InChI=1S/C22H27ClN2O2/c23-17-4-2-16(3-5-17)22(6-1-7-22)20(27)25-18-14-8-13-9-15(18)12-21(10-13,11-14)19(24)26/h2-5,13-15,18H,1,6-12H2,(H2,24,26)(H,25,27). The first kappa shape index (κ1) is 17.5. The maximum Gasteiger partial charge on any atom is 0.230 e. The van der Waals surface area contributed by atoms with E-state index in [4.69, 9.17) is 17.3 Å². The number of halogens is 1. The molecule has 2 amide bonds. The molecule has 5 fully saturated rings. The summed E-state index contributed by atoms with van der Waals surface area (Å²) in [6.07, 6.45) is 7.81. The first-order valence-corrected chi connectivity index (χ1v) is 10.7. The normalized spacial score (nSPS) is 38.3. The van der Waals surface area contributed by atoms with Gasteiger partial charge in [-0.15, -0.1) is 0 Å². The van der Waals surface area contributed by atoms with E-state index < -0.39 is 5.41 Å². The van der Waals surface area contributed by atoms with Gasteiger partial charge in [0.05, 0.1) is 5.41 Å². The van der Waals surface area contributed by atoms with E-state index in [1.165, 1.54) is 0 Å². The molecule has 5 heteroatoms. The van der Waals surface area contributed by atoms with Crippen LogP contribution in [-0.2, 0) is 15.0 Å². The van der Waals surface area contributed by atoms with Crippen LogP contribution >= 0.6 is 11.6 Å². The Bertz CT molecular complexity index is 770. The summed E-state index contributed by atoms with van der Waals surface area (Å²) in [6.45, 7) is 0. The van der Waals surface area contributed by atoms with Crippen LogP contribution in [0.5, 0.6) is 0 Å². The lowest BCUT2D eigenvalue weighted by Crippen LogP contribution is -2.64. The largest absolute Gasteiger partial charge is 0.369 e. The molecule has 3 N–H and O–H groups in total. The van der Waals surface area contributed by atoms with Crippen molar-refractivity contribution in [2.45, 2.75) is 62.8 Å². The molecular weight excluding hydrogens is 360 g/mol. The Hall–Kier alpha value is -1.55. The smallest absolute Gasteiger partial charge is 0.230 e. The molecule has 0 saturated heterocycles. The lowest BCUT2D eigenvalue weighted by molar-refractivity contribution is -0.149. The molecule has 5 aliphatic rings. The van der Waals surface area contributed by atoms with E-state index in [9.17, 15) is 9.59 Å². The van der Waals surface area contributed by atoms with E-state index in [2.05, 4.69) is 5.32 Å². The Morgan fingerprint density at radius 3 is 2.19 bits per heavy atom. The highest BCUT2D eigenvalue weighted by atomic mass is 35.5. The van der Waals surface area contributed by atoms with Crippen molar-refractivity contribution in [1.82, 2.24) is 5.32 Å². The maximum atomic E-state index is 13.4. The highest BCUT2D eigenvalue weighted by Crippen LogP contribution is 2.60. The predicted octanol–water partition coefficient (Wildman–Crippen LogP) is 3.56. The molecule has 4 nitrogen and oxygen atoms in total. The molecular formula is C22H27ClN2O2. The minimum atomic E-state index is -0.402. The topological polar surface area (TPSA) is 72.2 Å². The second-order valence-electron chi connectivity index (χ2n) is 9.56. The third-order valence-electron chi connectivity index (χ3n) is 8.13. The molecule has 5 aliphatic carbocycles. The maximum absolute atomic E-state index is 13.4. The van der Waals surface area contributed by atoms with Gasteiger partial charge < -0.3 is 11.1 Å². The van der Waals surface area contributed by atoms with Gasteiger partial charge in [0.2, 0.25) is 11.8 Å². The van der Waals surface area contributed by atoms with Crippen LogP contribution in [-0.4, -0.2) is 17.9 Å². The Kier molecular flexibility index (Phi) is 3.88. The summed E-state index contributed by atoms with van der Waals surface area (Å²) in [7, 11) is 0. The summed E-state index contributed by atoms with van der Waals surface area (Å²) in [6, 6.07) is 7.96. The molecule has 0 heterocycles. The molecule has 144 valence electrons. The van der Waals surface area contributed by atoms with Crippen molar-refractivity contribution >= 4 is 23.4 Å². The molecule has 2 unspecified atom stereocenters. The van der Waals surface area contributed by atoms with Crippen molar-refractivity contribution in [2.24, 2.45) is 28.9 Å². The fourth-order valence-corrected chi connectivity index (χ4v) is 6.92. The van der Waals surface area contributed by atoms with Gasteiger partial charge in [-0.25, -0.2) is 0 Å². The quantitative estimate of drug-likeness (QED) is 0.830. The van der Waals surface area contributed by atoms with E-state index in [-0.39, 0.29) is 23.3 Å². The molecule has 4 bridgehead atoms. The second-order valence-corrected chi connectivity index (χ2v) is 9.99. The number of carbonyl (C=O) groups is 2. The lowest BCUT2D eigenvalue weighted by Gasteiger charge is -2.59. The van der Waals surface area contributed by atoms with Crippen LogP contribution in [0.2, 0.25) is 5.02 Å². The average Bonchev–Trinajstić information content (AvgIpc) is 2.58. The van der Waals surface area contributed by atoms with E-state index in [1.54, 1.807) is 0 Å². The molecule has 0 spiro atoms. The number of nitrogens with two attached hydrogens (primary N) is 1. The first-order valence-electron chi connectivity index (χ1n) is 10.3. The number of rotatable bonds is 4. The SMILES string of the molecule is NC(=O)C12CC3CC(C1)C(NC(=O)C1(c4ccc(Cl)cc4)CCC1)C(C3)C2. The molecule has 0 radical (unpaired) electrons. The van der Waals surface area contributed by atoms with Crippen LogP contribution in [0.4, 0.5) is 0 Å². The third-order valence-corrected chi connectivity index (χ3v) is 8.38. The van der Waals surface area contributed by atoms with Crippen LogP contribution < -0.4 is 11.1 Å². The minimum absolute atomic E-state index is 0.122. The number of benzene rings is 1. The Morgan fingerprint density at radius 1 is 1.04 bits per heavy atom. The van der Waals surface area contributed by atoms with Crippen molar-refractivity contribution in [3.8, 4) is 0 Å². The van der Waals surface area contributed by atoms with Gasteiger partial charge in [-0.1, -0.05) is 30.2 Å². The number of carbonyl (C=O) groups excluding carboxylic acids is 2. The van der Waals surface area contributed by atoms with Crippen LogP contribution in [0.25, 0.3) is 0 Å². The van der Waals surface area contributed by atoms with Gasteiger partial charge in [0.15, 0.2) is 0 Å². The third kappa shape index (κ3) is 2.55. The van der Waals surface area contributed by atoms with Crippen molar-refractivity contribution in [3.05, 3.63) is 34.9 Å². The van der Waals surface area contributed by atoms with Crippen LogP contribution in [0, 0.1) is 23.2 Å². The van der Waals surface area contributed by atoms with Gasteiger partial charge in [-0.3, -0.25) is 9.59 Å². The van der Waals surface area contributed by atoms with Gasteiger partial charge in [-0.05, 0) is 80.4 Å². The number of nitrogens with one attached hydrogen (secondary N) is 1. The molecule has 0 aromatic heterocycles. The summed E-state index contributed by atoms with van der Waals surface area (Å²) >= 11 is 6.04. The van der Waals surface area contributed by atoms with E-state index in [0.29, 0.717) is 22.8 Å². The molecule has 6 rings (SSSR count). The molecule has 2 atom stereocenters. The fourth-order valence-electron chi connectivity index (χ4n) is 6.80. The van der Waals surface area contributed by atoms with Gasteiger partial charge in [-0.2, -0.15) is 0 Å². The number of hydrogen-bond acceptors (Lipinski definition) is 2. The molecule has 1 aromatic rings. The summed E-state index contributed by atoms with van der Waals surface area (Å²) < 4.78 is 0. The van der Waals surface area contributed by atoms with E-state index >= 15 is 0 Å². The summed E-state index contributed by atoms with van der Waals surface area (Å²) in [5.74, 6) is 1.45. The fraction of sp³-hybridized carbons (Fsp3) is 0.636. The second kappa shape index (κ2) is 5.97. The average molecular weight is 387 g/mol. The summed E-state index contributed by atoms with van der Waals surface area (Å²) in [4.78, 5) is 25.5. The highest BCUT2D eigenvalue weighted by Gasteiger charge is 2.59. The zero-order valence-electron chi connectivity index (χ0n) is 15.5. The number of hydrogen-bond donors (Lipinski definition) is 2. The lowest BCUT2D eigenvalue weighted by atomic mass is 9.47. The number of primary amides is 1. The van der Waals surface area contributed by atoms with Crippen LogP contribution in [0.3, 0.4) is 0 Å². The Balaban J connectivity index is 1.37. The van der Waals surface area contributed by atoms with E-state index in [0.717, 1.165) is 56.9 Å². The zero-order valence-corrected chi connectivity index (χ0v) is 16.3. The van der Waals surface area contributed by atoms with E-state index in [1.807, 2.05) is 24.3 Å². The first-order chi connectivity index (χ1) is 12.9. The van der Waals surface area contributed by atoms with Crippen LogP contribution in [0.1, 0.15) is 56.9 Å². The molecule has 27 heavy (non-hydrogen) atoms. The predicted molar refractivity (Wildman–Crippen MR) is 104 cm³/mol. The van der Waals surface area contributed by atoms with Gasteiger partial charge in [0, 0.05) is 16.5 Å². The van der Waals surface area contributed by atoms with Gasteiger partial charge in [0.25, 0.3) is 0 Å². The van der Waals surface area contributed by atoms with Crippen molar-refractivity contribution in [2.75, 3.05) is 0 Å². The number of amides is 2. The minimum Gasteiger partial charge on any atom is -0.369 e. The van der Waals surface area contributed by atoms with Gasteiger partial charge in [0.1, 0.15) is 0 Å². The monoisotopic (exact) mass is 386 g/mol. The Labute approximate surface area is 165 Å². The van der Waals surface area contributed by atoms with Crippen LogP contribution in [0.15, 0.2) is 24.3 Å². The summed E-state index contributed by atoms with van der Waals surface area (Å²) in [5, 5.41) is 4.15. The molecule has 0 aliphatic heterocycles. The zero-order chi connectivity index (χ0) is 18.8. The van der Waals surface area contributed by atoms with Crippen molar-refractivity contribution in [3.63, 3.8) is 0 Å². The highest BCUT2D eigenvalue weighted by molar-refractivity contribution is 6.30. The van der Waals surface area contributed by atoms with Crippen molar-refractivity contribution in [1.29, 1.82) is 0 Å². The van der Waals surface area contributed by atoms with Gasteiger partial charge >= 0.3 is 0 Å². The Morgan fingerprint density at radius 2 is 1.67 bits per heavy atom. The summed E-state index contributed by atoms with van der Waals surface area (Å²) in [5.41, 5.74) is 6.16. The molecule has 5 saturated carbocycles. The van der Waals surface area contributed by atoms with Crippen molar-refractivity contribution < 1.29 is 9.59 Å².